The first kappa shape index (κ1) is 14.1. The molecular formula is C11H12BrNO3S. The summed E-state index contributed by atoms with van der Waals surface area (Å²) in [5, 5.41) is 11.2. The number of rotatable bonds is 6. The van der Waals surface area contributed by atoms with Gasteiger partial charge in [0.1, 0.15) is 0 Å². The normalized spacial score (nSPS) is 9.94. The van der Waals surface area contributed by atoms with E-state index in [4.69, 9.17) is 5.11 Å². The number of carbonyl (C=O) groups excluding carboxylic acids is 1. The van der Waals surface area contributed by atoms with Crippen molar-refractivity contribution in [2.45, 2.75) is 0 Å². The first-order valence-corrected chi connectivity index (χ1v) is 6.88. The molecular weight excluding hydrogens is 306 g/mol. The molecule has 0 aliphatic heterocycles. The third-order valence-electron chi connectivity index (χ3n) is 1.88. The Balaban J connectivity index is 2.31. The first-order chi connectivity index (χ1) is 8.11. The van der Waals surface area contributed by atoms with Crippen molar-refractivity contribution in [1.29, 1.82) is 0 Å². The lowest BCUT2D eigenvalue weighted by Crippen LogP contribution is -2.26. The van der Waals surface area contributed by atoms with Crippen LogP contribution in [-0.4, -0.2) is 35.0 Å². The van der Waals surface area contributed by atoms with Crippen LogP contribution in [0, 0.1) is 0 Å². The van der Waals surface area contributed by atoms with Crippen molar-refractivity contribution in [3.63, 3.8) is 0 Å². The lowest BCUT2D eigenvalue weighted by Gasteiger charge is -2.05. The van der Waals surface area contributed by atoms with E-state index >= 15 is 0 Å². The summed E-state index contributed by atoms with van der Waals surface area (Å²) in [5.41, 5.74) is 0.579. The molecule has 0 heterocycles. The molecule has 0 saturated heterocycles. The van der Waals surface area contributed by atoms with Gasteiger partial charge in [-0.05, 0) is 28.1 Å². The van der Waals surface area contributed by atoms with Gasteiger partial charge in [-0.2, -0.15) is 0 Å². The zero-order valence-corrected chi connectivity index (χ0v) is 11.4. The molecule has 1 aromatic carbocycles. The van der Waals surface area contributed by atoms with E-state index in [2.05, 4.69) is 21.2 Å². The number of halogens is 1. The van der Waals surface area contributed by atoms with E-state index < -0.39 is 5.97 Å². The standard InChI is InChI=1S/C11H12BrNO3S/c12-9-4-2-1-3-8(9)11(16)13-5-6-17-7-10(14)15/h1-4H,5-7H2,(H,13,16)(H,14,15). The molecule has 0 saturated carbocycles. The van der Waals surface area contributed by atoms with Crippen LogP contribution in [0.25, 0.3) is 0 Å². The number of nitrogens with one attached hydrogen (secondary N) is 1. The number of thioether (sulfide) groups is 1. The average molecular weight is 318 g/mol. The Labute approximate surface area is 112 Å². The second-order valence-corrected chi connectivity index (χ2v) is 5.14. The van der Waals surface area contributed by atoms with Crippen molar-refractivity contribution < 1.29 is 14.7 Å². The number of hydrogen-bond donors (Lipinski definition) is 2. The van der Waals surface area contributed by atoms with Crippen LogP contribution in [0.2, 0.25) is 0 Å². The third kappa shape index (κ3) is 5.23. The molecule has 0 radical (unpaired) electrons. The van der Waals surface area contributed by atoms with E-state index in [0.717, 1.165) is 4.47 Å². The van der Waals surface area contributed by atoms with Crippen LogP contribution in [-0.2, 0) is 4.79 Å². The lowest BCUT2D eigenvalue weighted by molar-refractivity contribution is -0.133. The zero-order chi connectivity index (χ0) is 12.7. The minimum atomic E-state index is -0.841. The number of benzene rings is 1. The lowest BCUT2D eigenvalue weighted by atomic mass is 10.2. The molecule has 0 aliphatic rings. The van der Waals surface area contributed by atoms with E-state index in [1.54, 1.807) is 18.2 Å². The van der Waals surface area contributed by atoms with Crippen LogP contribution >= 0.6 is 27.7 Å². The van der Waals surface area contributed by atoms with Gasteiger partial charge >= 0.3 is 5.97 Å². The topological polar surface area (TPSA) is 66.4 Å². The van der Waals surface area contributed by atoms with Gasteiger partial charge in [-0.25, -0.2) is 0 Å². The Bertz CT molecular complexity index is 411. The van der Waals surface area contributed by atoms with Gasteiger partial charge in [-0.3, -0.25) is 9.59 Å². The highest BCUT2D eigenvalue weighted by molar-refractivity contribution is 9.10. The van der Waals surface area contributed by atoms with E-state index in [-0.39, 0.29) is 11.7 Å². The van der Waals surface area contributed by atoms with Gasteiger partial charge in [-0.15, -0.1) is 11.8 Å². The van der Waals surface area contributed by atoms with Crippen LogP contribution in [0.5, 0.6) is 0 Å². The summed E-state index contributed by atoms with van der Waals surface area (Å²) < 4.78 is 0.746. The average Bonchev–Trinajstić information content (AvgIpc) is 2.28. The third-order valence-corrected chi connectivity index (χ3v) is 3.51. The number of aliphatic carboxylic acids is 1. The number of carboxylic acid groups (broad SMARTS) is 1. The summed E-state index contributed by atoms with van der Waals surface area (Å²) in [6.45, 7) is 0.456. The number of carboxylic acids is 1. The molecule has 2 N–H and O–H groups in total. The van der Waals surface area contributed by atoms with Gasteiger partial charge in [0.05, 0.1) is 11.3 Å². The molecule has 17 heavy (non-hydrogen) atoms. The Morgan fingerprint density at radius 1 is 1.35 bits per heavy atom. The molecule has 1 rings (SSSR count). The maximum absolute atomic E-state index is 11.7. The maximum Gasteiger partial charge on any atom is 0.313 e. The fourth-order valence-corrected chi connectivity index (χ4v) is 2.17. The van der Waals surface area contributed by atoms with Gasteiger partial charge in [0, 0.05) is 16.8 Å². The van der Waals surface area contributed by atoms with E-state index in [1.165, 1.54) is 11.8 Å². The van der Waals surface area contributed by atoms with Crippen LogP contribution in [0.15, 0.2) is 28.7 Å². The second kappa shape index (κ2) is 7.34. The van der Waals surface area contributed by atoms with Crippen LogP contribution in [0.1, 0.15) is 10.4 Å². The minimum absolute atomic E-state index is 0.0604. The Hall–Kier alpha value is -1.01. The van der Waals surface area contributed by atoms with Crippen molar-refractivity contribution in [3.05, 3.63) is 34.3 Å². The largest absolute Gasteiger partial charge is 0.481 e. The smallest absolute Gasteiger partial charge is 0.313 e. The van der Waals surface area contributed by atoms with Gasteiger partial charge in [-0.1, -0.05) is 12.1 Å². The molecule has 0 spiro atoms. The molecule has 0 atom stereocenters. The molecule has 0 unspecified atom stereocenters. The van der Waals surface area contributed by atoms with Crippen molar-refractivity contribution >= 4 is 39.6 Å². The van der Waals surface area contributed by atoms with Crippen LogP contribution < -0.4 is 5.32 Å². The van der Waals surface area contributed by atoms with Crippen molar-refractivity contribution in [3.8, 4) is 0 Å². The van der Waals surface area contributed by atoms with Crippen LogP contribution in [0.4, 0.5) is 0 Å². The molecule has 1 amide bonds. The number of carbonyl (C=O) groups is 2. The van der Waals surface area contributed by atoms with Gasteiger partial charge in [0.25, 0.3) is 5.91 Å². The highest BCUT2D eigenvalue weighted by Gasteiger charge is 2.07. The summed E-state index contributed by atoms with van der Waals surface area (Å²) >= 11 is 4.57. The van der Waals surface area contributed by atoms with Crippen molar-refractivity contribution in [1.82, 2.24) is 5.32 Å². The Morgan fingerprint density at radius 3 is 2.71 bits per heavy atom. The fraction of sp³-hybridized carbons (Fsp3) is 0.273. The Kier molecular flexibility index (Phi) is 6.07. The maximum atomic E-state index is 11.7. The predicted molar refractivity (Wildman–Crippen MR) is 71.4 cm³/mol. The van der Waals surface area contributed by atoms with Crippen molar-refractivity contribution in [2.24, 2.45) is 0 Å². The van der Waals surface area contributed by atoms with Crippen molar-refractivity contribution in [2.75, 3.05) is 18.1 Å². The second-order valence-electron chi connectivity index (χ2n) is 3.18. The highest BCUT2D eigenvalue weighted by Crippen LogP contribution is 2.15. The molecule has 6 heteroatoms. The van der Waals surface area contributed by atoms with Gasteiger partial charge in [0.2, 0.25) is 0 Å². The highest BCUT2D eigenvalue weighted by atomic mass is 79.9. The fourth-order valence-electron chi connectivity index (χ4n) is 1.14. The monoisotopic (exact) mass is 317 g/mol. The van der Waals surface area contributed by atoms with E-state index in [1.807, 2.05) is 6.07 Å². The zero-order valence-electron chi connectivity index (χ0n) is 8.98. The van der Waals surface area contributed by atoms with Crippen LogP contribution in [0.3, 0.4) is 0 Å². The number of hydrogen-bond acceptors (Lipinski definition) is 3. The summed E-state index contributed by atoms with van der Waals surface area (Å²) in [6.07, 6.45) is 0. The predicted octanol–water partition coefficient (Wildman–Crippen LogP) is 2.00. The van der Waals surface area contributed by atoms with E-state index in [9.17, 15) is 9.59 Å². The molecule has 1 aromatic rings. The molecule has 4 nitrogen and oxygen atoms in total. The van der Waals surface area contributed by atoms with Gasteiger partial charge < -0.3 is 10.4 Å². The summed E-state index contributed by atoms with van der Waals surface area (Å²) in [5.74, 6) is -0.353. The molecule has 0 aliphatic carbocycles. The summed E-state index contributed by atoms with van der Waals surface area (Å²) in [7, 11) is 0. The minimum Gasteiger partial charge on any atom is -0.481 e. The molecule has 0 bridgehead atoms. The first-order valence-electron chi connectivity index (χ1n) is 4.93. The summed E-state index contributed by atoms with van der Waals surface area (Å²) in [4.78, 5) is 21.9. The van der Waals surface area contributed by atoms with E-state index in [0.29, 0.717) is 17.9 Å². The molecule has 0 aromatic heterocycles. The Morgan fingerprint density at radius 2 is 2.06 bits per heavy atom. The molecule has 0 fully saturated rings. The summed E-state index contributed by atoms with van der Waals surface area (Å²) in [6, 6.07) is 7.15. The number of amides is 1. The molecule has 92 valence electrons. The van der Waals surface area contributed by atoms with Gasteiger partial charge in [0.15, 0.2) is 0 Å². The SMILES string of the molecule is O=C(O)CSCCNC(=O)c1ccccc1Br. The quantitative estimate of drug-likeness (QED) is 0.787.